The van der Waals surface area contributed by atoms with Gasteiger partial charge in [0.1, 0.15) is 0 Å². The molecule has 2 aromatic carbocycles. The Bertz CT molecular complexity index is 990. The second kappa shape index (κ2) is 10.4. The quantitative estimate of drug-likeness (QED) is 0.379. The number of rotatable bonds is 7. The molecule has 0 atom stereocenters. The van der Waals surface area contributed by atoms with E-state index in [1.807, 2.05) is 24.5 Å². The van der Waals surface area contributed by atoms with Gasteiger partial charge in [0.15, 0.2) is 5.82 Å². The van der Waals surface area contributed by atoms with E-state index in [9.17, 15) is 0 Å². The van der Waals surface area contributed by atoms with Gasteiger partial charge in [-0.2, -0.15) is 5.26 Å². The lowest BCUT2D eigenvalue weighted by Crippen LogP contribution is -2.13. The van der Waals surface area contributed by atoms with E-state index < -0.39 is 0 Å². The number of benzene rings is 2. The summed E-state index contributed by atoms with van der Waals surface area (Å²) in [6.07, 6.45) is 14.8. The fraction of sp³-hybridized carbons (Fsp3) is 0.393. The lowest BCUT2D eigenvalue weighted by molar-refractivity contribution is 0.303. The van der Waals surface area contributed by atoms with Crippen LogP contribution in [0.3, 0.4) is 0 Å². The van der Waals surface area contributed by atoms with Crippen molar-refractivity contribution in [1.82, 2.24) is 9.97 Å². The molecular weight excluding hydrogens is 378 g/mol. The van der Waals surface area contributed by atoms with Crippen LogP contribution in [0.5, 0.6) is 0 Å². The smallest absolute Gasteiger partial charge is 0.159 e. The predicted molar refractivity (Wildman–Crippen MR) is 126 cm³/mol. The Balaban J connectivity index is 1.36. The van der Waals surface area contributed by atoms with E-state index in [4.69, 9.17) is 5.26 Å². The average Bonchev–Trinajstić information content (AvgIpc) is 2.85. The normalized spacial score (nSPS) is 18.5. The lowest BCUT2D eigenvalue weighted by Gasteiger charge is -2.29. The summed E-state index contributed by atoms with van der Waals surface area (Å²) in [5.41, 5.74) is 5.23. The summed E-state index contributed by atoms with van der Waals surface area (Å²) in [7, 11) is 0. The Morgan fingerprint density at radius 3 is 2.06 bits per heavy atom. The van der Waals surface area contributed by atoms with Gasteiger partial charge in [0.25, 0.3) is 0 Å². The molecule has 3 nitrogen and oxygen atoms in total. The highest BCUT2D eigenvalue weighted by Gasteiger charge is 2.22. The van der Waals surface area contributed by atoms with Crippen molar-refractivity contribution in [3.8, 4) is 28.6 Å². The number of unbranched alkanes of at least 4 members (excludes halogenated alkanes) is 2. The van der Waals surface area contributed by atoms with Crippen LogP contribution in [0.2, 0.25) is 0 Å². The van der Waals surface area contributed by atoms with Gasteiger partial charge >= 0.3 is 0 Å². The fourth-order valence-corrected chi connectivity index (χ4v) is 4.74. The summed E-state index contributed by atoms with van der Waals surface area (Å²) < 4.78 is 0. The van der Waals surface area contributed by atoms with E-state index in [0.29, 0.717) is 17.3 Å². The average molecular weight is 410 g/mol. The van der Waals surface area contributed by atoms with Gasteiger partial charge in [-0.25, -0.2) is 9.97 Å². The first-order valence-electron chi connectivity index (χ1n) is 11.7. The van der Waals surface area contributed by atoms with Gasteiger partial charge < -0.3 is 0 Å². The molecule has 1 aliphatic rings. The number of nitrogens with zero attached hydrogens (tertiary/aromatic N) is 3. The van der Waals surface area contributed by atoms with Crippen molar-refractivity contribution in [2.75, 3.05) is 0 Å². The maximum atomic E-state index is 8.93. The summed E-state index contributed by atoms with van der Waals surface area (Å²) in [6, 6.07) is 18.5. The molecule has 0 radical (unpaired) electrons. The number of aromatic nitrogens is 2. The van der Waals surface area contributed by atoms with Gasteiger partial charge in [-0.05, 0) is 72.9 Å². The molecule has 1 aromatic heterocycles. The topological polar surface area (TPSA) is 49.6 Å². The van der Waals surface area contributed by atoms with Crippen molar-refractivity contribution in [3.05, 3.63) is 72.1 Å². The Morgan fingerprint density at radius 1 is 0.806 bits per heavy atom. The van der Waals surface area contributed by atoms with Crippen molar-refractivity contribution in [2.24, 2.45) is 5.92 Å². The molecule has 158 valence electrons. The van der Waals surface area contributed by atoms with Crippen molar-refractivity contribution in [2.45, 2.75) is 64.2 Å². The number of hydrogen-bond acceptors (Lipinski definition) is 3. The fourth-order valence-electron chi connectivity index (χ4n) is 4.74. The van der Waals surface area contributed by atoms with Crippen LogP contribution >= 0.6 is 0 Å². The molecule has 0 bridgehead atoms. The first-order chi connectivity index (χ1) is 15.3. The molecule has 0 amide bonds. The second-order valence-corrected chi connectivity index (χ2v) is 8.82. The van der Waals surface area contributed by atoms with Crippen LogP contribution in [0.15, 0.2) is 60.9 Å². The Kier molecular flexibility index (Phi) is 7.10. The van der Waals surface area contributed by atoms with Crippen LogP contribution in [0.4, 0.5) is 0 Å². The third-order valence-electron chi connectivity index (χ3n) is 6.70. The molecule has 0 aliphatic heterocycles. The standard InChI is InChI=1S/C28H31N3/c1-2-3-4-5-21-6-10-23(11-7-21)24-14-16-25(17-15-24)27-19-30-28(31-20-27)26-12-8-22(18-29)9-13-26/h8-9,12-17,19-21,23H,2-7,10-11H2,1H3/t21-,23-. The summed E-state index contributed by atoms with van der Waals surface area (Å²) >= 11 is 0. The largest absolute Gasteiger partial charge is 0.236 e. The molecule has 1 heterocycles. The minimum atomic E-state index is 0.644. The van der Waals surface area contributed by atoms with E-state index in [0.717, 1.165) is 22.6 Å². The van der Waals surface area contributed by atoms with E-state index in [1.165, 1.54) is 56.9 Å². The summed E-state index contributed by atoms with van der Waals surface area (Å²) in [4.78, 5) is 9.08. The van der Waals surface area contributed by atoms with Crippen LogP contribution in [-0.4, -0.2) is 9.97 Å². The SMILES string of the molecule is CCCCC[C@H]1CC[C@H](c2ccc(-c3cnc(-c4ccc(C#N)cc4)nc3)cc2)CC1. The highest BCUT2D eigenvalue weighted by atomic mass is 14.9. The van der Waals surface area contributed by atoms with Gasteiger partial charge in [0.2, 0.25) is 0 Å². The van der Waals surface area contributed by atoms with Crippen LogP contribution in [-0.2, 0) is 0 Å². The summed E-state index contributed by atoms with van der Waals surface area (Å²) in [5.74, 6) is 2.35. The van der Waals surface area contributed by atoms with Gasteiger partial charge in [0.05, 0.1) is 11.6 Å². The molecule has 3 aromatic rings. The van der Waals surface area contributed by atoms with E-state index in [1.54, 1.807) is 12.1 Å². The lowest BCUT2D eigenvalue weighted by atomic mass is 9.77. The molecule has 0 N–H and O–H groups in total. The van der Waals surface area contributed by atoms with Crippen LogP contribution in [0.1, 0.15) is 75.3 Å². The second-order valence-electron chi connectivity index (χ2n) is 8.82. The highest BCUT2D eigenvalue weighted by Crippen LogP contribution is 2.38. The highest BCUT2D eigenvalue weighted by molar-refractivity contribution is 5.64. The van der Waals surface area contributed by atoms with E-state index >= 15 is 0 Å². The van der Waals surface area contributed by atoms with Crippen LogP contribution in [0, 0.1) is 17.2 Å². The summed E-state index contributed by atoms with van der Waals surface area (Å²) in [5, 5.41) is 8.93. The first-order valence-corrected chi connectivity index (χ1v) is 11.7. The Labute approximate surface area is 186 Å². The zero-order valence-electron chi connectivity index (χ0n) is 18.4. The van der Waals surface area contributed by atoms with E-state index in [-0.39, 0.29) is 0 Å². The zero-order valence-corrected chi connectivity index (χ0v) is 18.4. The minimum Gasteiger partial charge on any atom is -0.236 e. The zero-order chi connectivity index (χ0) is 21.5. The Hall–Kier alpha value is -2.99. The third kappa shape index (κ3) is 5.39. The van der Waals surface area contributed by atoms with Gasteiger partial charge in [-0.15, -0.1) is 0 Å². The van der Waals surface area contributed by atoms with Crippen molar-refractivity contribution < 1.29 is 0 Å². The van der Waals surface area contributed by atoms with Gasteiger partial charge in [-0.1, -0.05) is 56.9 Å². The molecule has 4 rings (SSSR count). The molecule has 1 aliphatic carbocycles. The molecule has 0 spiro atoms. The van der Waals surface area contributed by atoms with Crippen LogP contribution < -0.4 is 0 Å². The monoisotopic (exact) mass is 409 g/mol. The predicted octanol–water partition coefficient (Wildman–Crippen LogP) is 7.54. The molecule has 31 heavy (non-hydrogen) atoms. The summed E-state index contributed by atoms with van der Waals surface area (Å²) in [6.45, 7) is 2.29. The molecule has 0 unspecified atom stereocenters. The van der Waals surface area contributed by atoms with Crippen molar-refractivity contribution in [3.63, 3.8) is 0 Å². The third-order valence-corrected chi connectivity index (χ3v) is 6.70. The molecule has 1 fully saturated rings. The molecular formula is C28H31N3. The number of hydrogen-bond donors (Lipinski definition) is 0. The first kappa shape index (κ1) is 21.2. The van der Waals surface area contributed by atoms with Crippen molar-refractivity contribution >= 4 is 0 Å². The maximum Gasteiger partial charge on any atom is 0.159 e. The minimum absolute atomic E-state index is 0.644. The van der Waals surface area contributed by atoms with Gasteiger partial charge in [0, 0.05) is 23.5 Å². The molecule has 0 saturated heterocycles. The molecule has 3 heteroatoms. The Morgan fingerprint density at radius 2 is 1.45 bits per heavy atom. The van der Waals surface area contributed by atoms with E-state index in [2.05, 4.69) is 47.2 Å². The maximum absolute atomic E-state index is 8.93. The van der Waals surface area contributed by atoms with Gasteiger partial charge in [-0.3, -0.25) is 0 Å². The van der Waals surface area contributed by atoms with Crippen molar-refractivity contribution in [1.29, 1.82) is 5.26 Å². The molecule has 1 saturated carbocycles. The number of nitriles is 1. The van der Waals surface area contributed by atoms with Crippen LogP contribution in [0.25, 0.3) is 22.5 Å².